The van der Waals surface area contributed by atoms with E-state index >= 15 is 0 Å². The van der Waals surface area contributed by atoms with Crippen LogP contribution in [0, 0.1) is 12.1 Å². The van der Waals surface area contributed by atoms with Crippen molar-refractivity contribution in [1.82, 2.24) is 4.98 Å². The number of aryl methyl sites for hydroxylation is 1. The predicted octanol–water partition coefficient (Wildman–Crippen LogP) is 6.09. The molecule has 0 aliphatic rings. The second kappa shape index (κ2) is 8.37. The molecule has 0 spiro atoms. The molecule has 2 rings (SSSR count). The molecule has 0 unspecified atom stereocenters. The van der Waals surface area contributed by atoms with Crippen LogP contribution < -0.4 is 4.73 Å². The molecule has 0 N–H and O–H groups in total. The Kier molecular flexibility index (Phi) is 7.33. The van der Waals surface area contributed by atoms with Gasteiger partial charge < -0.3 is 5.21 Å². The van der Waals surface area contributed by atoms with E-state index in [1.165, 1.54) is 6.20 Å². The SMILES string of the molecule is CC(C)c1c(Cl)cncc1Cl.Cc1c[n+]([O-])cc(Cl)c1C(C)(C)C. The standard InChI is InChI=1S/C10H14ClNO.C8H9Cl2N/c1-7-5-12(13)6-8(11)9(7)10(2,3)4;1-5(2)8-6(9)3-11-4-7(8)10/h5-6H,1-4H3;3-5H,1-2H3. The van der Waals surface area contributed by atoms with Gasteiger partial charge in [-0.05, 0) is 29.4 Å². The van der Waals surface area contributed by atoms with Crippen molar-refractivity contribution in [2.24, 2.45) is 0 Å². The number of nitrogens with zero attached hydrogens (tertiary/aromatic N) is 2. The normalized spacial score (nSPS) is 11.2. The third kappa shape index (κ3) is 5.51. The largest absolute Gasteiger partial charge is 0.619 e. The van der Waals surface area contributed by atoms with Gasteiger partial charge in [-0.25, -0.2) is 0 Å². The second-order valence-electron chi connectivity index (χ2n) is 6.95. The van der Waals surface area contributed by atoms with E-state index in [0.717, 1.165) is 21.4 Å². The second-order valence-corrected chi connectivity index (χ2v) is 8.17. The summed E-state index contributed by atoms with van der Waals surface area (Å²) in [6, 6.07) is 0. The Morgan fingerprint density at radius 2 is 1.50 bits per heavy atom. The van der Waals surface area contributed by atoms with Gasteiger partial charge in [0.2, 0.25) is 0 Å². The highest BCUT2D eigenvalue weighted by Crippen LogP contribution is 2.31. The van der Waals surface area contributed by atoms with E-state index in [1.54, 1.807) is 18.6 Å². The first-order valence-corrected chi connectivity index (χ1v) is 8.76. The van der Waals surface area contributed by atoms with E-state index in [2.05, 4.69) is 25.8 Å². The summed E-state index contributed by atoms with van der Waals surface area (Å²) < 4.78 is 0.743. The van der Waals surface area contributed by atoms with Crippen LogP contribution in [0.25, 0.3) is 0 Å². The van der Waals surface area contributed by atoms with Crippen molar-refractivity contribution in [3.63, 3.8) is 0 Å². The van der Waals surface area contributed by atoms with Crippen molar-refractivity contribution < 1.29 is 4.73 Å². The van der Waals surface area contributed by atoms with E-state index in [-0.39, 0.29) is 5.41 Å². The smallest absolute Gasteiger partial charge is 0.199 e. The maximum absolute atomic E-state index is 11.0. The van der Waals surface area contributed by atoms with Gasteiger partial charge in [-0.1, -0.05) is 69.4 Å². The zero-order valence-electron chi connectivity index (χ0n) is 14.8. The van der Waals surface area contributed by atoms with Crippen molar-refractivity contribution in [1.29, 1.82) is 0 Å². The lowest BCUT2D eigenvalue weighted by Crippen LogP contribution is -2.28. The molecular weight excluding hydrogens is 367 g/mol. The first-order valence-electron chi connectivity index (χ1n) is 7.63. The van der Waals surface area contributed by atoms with Crippen LogP contribution in [-0.4, -0.2) is 4.98 Å². The summed E-state index contributed by atoms with van der Waals surface area (Å²) in [5.74, 6) is 0.345. The molecule has 2 heterocycles. The topological polar surface area (TPSA) is 39.8 Å². The van der Waals surface area contributed by atoms with Gasteiger partial charge >= 0.3 is 0 Å². The van der Waals surface area contributed by atoms with E-state index in [0.29, 0.717) is 21.0 Å². The Hall–Kier alpha value is -1.03. The van der Waals surface area contributed by atoms with Gasteiger partial charge in [0.1, 0.15) is 5.02 Å². The van der Waals surface area contributed by atoms with Gasteiger partial charge in [0.05, 0.1) is 10.0 Å². The molecule has 3 nitrogen and oxygen atoms in total. The van der Waals surface area contributed by atoms with Crippen LogP contribution >= 0.6 is 34.8 Å². The van der Waals surface area contributed by atoms with Crippen molar-refractivity contribution in [2.75, 3.05) is 0 Å². The van der Waals surface area contributed by atoms with Crippen LogP contribution in [-0.2, 0) is 5.41 Å². The van der Waals surface area contributed by atoms with Gasteiger partial charge in [0.15, 0.2) is 12.4 Å². The molecule has 24 heavy (non-hydrogen) atoms. The molecule has 0 saturated heterocycles. The summed E-state index contributed by atoms with van der Waals surface area (Å²) >= 11 is 17.8. The third-order valence-electron chi connectivity index (χ3n) is 3.41. The number of hydrogen-bond donors (Lipinski definition) is 0. The lowest BCUT2D eigenvalue weighted by Gasteiger charge is -2.21. The summed E-state index contributed by atoms with van der Waals surface area (Å²) in [6.45, 7) is 12.2. The minimum atomic E-state index is -0.0184. The first-order chi connectivity index (χ1) is 10.9. The van der Waals surface area contributed by atoms with Crippen LogP contribution in [0.2, 0.25) is 15.1 Å². The average Bonchev–Trinajstić information content (AvgIpc) is 2.35. The molecule has 2 aromatic heterocycles. The maximum Gasteiger partial charge on any atom is 0.199 e. The number of rotatable bonds is 1. The zero-order valence-corrected chi connectivity index (χ0v) is 17.1. The zero-order chi connectivity index (χ0) is 18.7. The van der Waals surface area contributed by atoms with Gasteiger partial charge in [0.25, 0.3) is 0 Å². The van der Waals surface area contributed by atoms with Crippen molar-refractivity contribution in [3.8, 4) is 0 Å². The highest BCUT2D eigenvalue weighted by molar-refractivity contribution is 6.35. The third-order valence-corrected chi connectivity index (χ3v) is 4.30. The molecule has 0 atom stereocenters. The highest BCUT2D eigenvalue weighted by Gasteiger charge is 2.22. The number of hydrogen-bond acceptors (Lipinski definition) is 2. The number of halogens is 3. The number of aromatic nitrogens is 2. The fourth-order valence-corrected chi connectivity index (χ4v) is 3.91. The Morgan fingerprint density at radius 1 is 1.00 bits per heavy atom. The molecule has 0 radical (unpaired) electrons. The summed E-state index contributed by atoms with van der Waals surface area (Å²) in [4.78, 5) is 3.86. The van der Waals surface area contributed by atoms with Crippen molar-refractivity contribution in [2.45, 2.75) is 52.9 Å². The van der Waals surface area contributed by atoms with Crippen LogP contribution in [0.5, 0.6) is 0 Å². The average molecular weight is 390 g/mol. The summed E-state index contributed by atoms with van der Waals surface area (Å²) in [7, 11) is 0. The molecule has 132 valence electrons. The lowest BCUT2D eigenvalue weighted by molar-refractivity contribution is -0.605. The van der Waals surface area contributed by atoms with Crippen LogP contribution in [0.3, 0.4) is 0 Å². The minimum absolute atomic E-state index is 0.0184. The fraction of sp³-hybridized carbons (Fsp3) is 0.444. The van der Waals surface area contributed by atoms with Gasteiger partial charge in [-0.3, -0.25) is 4.98 Å². The van der Waals surface area contributed by atoms with E-state index in [9.17, 15) is 5.21 Å². The summed E-state index contributed by atoms with van der Waals surface area (Å²) in [5, 5.41) is 12.9. The fourth-order valence-electron chi connectivity index (χ4n) is 2.58. The quantitative estimate of drug-likeness (QED) is 0.437. The monoisotopic (exact) mass is 388 g/mol. The van der Waals surface area contributed by atoms with E-state index < -0.39 is 0 Å². The van der Waals surface area contributed by atoms with Crippen LogP contribution in [0.1, 0.15) is 57.2 Å². The van der Waals surface area contributed by atoms with Crippen LogP contribution in [0.4, 0.5) is 0 Å². The van der Waals surface area contributed by atoms with Crippen molar-refractivity contribution >= 4 is 34.8 Å². The first kappa shape index (κ1) is 21.0. The molecule has 0 aromatic carbocycles. The van der Waals surface area contributed by atoms with Crippen LogP contribution in [0.15, 0.2) is 24.8 Å². The molecule has 2 aromatic rings. The molecular formula is C18H23Cl3N2O. The Morgan fingerprint density at radius 3 is 1.83 bits per heavy atom. The summed E-state index contributed by atoms with van der Waals surface area (Å²) in [5.41, 5.74) is 2.94. The summed E-state index contributed by atoms with van der Waals surface area (Å²) in [6.07, 6.45) is 6.17. The molecule has 0 bridgehead atoms. The van der Waals surface area contributed by atoms with Gasteiger partial charge in [0, 0.05) is 18.0 Å². The molecule has 0 fully saturated rings. The van der Waals surface area contributed by atoms with Gasteiger partial charge in [-0.15, -0.1) is 0 Å². The van der Waals surface area contributed by atoms with E-state index in [4.69, 9.17) is 34.8 Å². The minimum Gasteiger partial charge on any atom is -0.619 e. The molecule has 0 aliphatic heterocycles. The predicted molar refractivity (Wildman–Crippen MR) is 102 cm³/mol. The van der Waals surface area contributed by atoms with Gasteiger partial charge in [-0.2, -0.15) is 4.73 Å². The Bertz CT molecular complexity index is 667. The molecule has 0 saturated carbocycles. The Balaban J connectivity index is 0.000000243. The molecule has 0 amide bonds. The number of pyridine rings is 2. The van der Waals surface area contributed by atoms with Crippen molar-refractivity contribution in [3.05, 3.63) is 61.8 Å². The molecule has 6 heteroatoms. The highest BCUT2D eigenvalue weighted by atomic mass is 35.5. The maximum atomic E-state index is 11.0. The lowest BCUT2D eigenvalue weighted by atomic mass is 9.85. The van der Waals surface area contributed by atoms with E-state index in [1.807, 2.05) is 20.8 Å². The Labute approximate surface area is 159 Å². The molecule has 0 aliphatic carbocycles.